The van der Waals surface area contributed by atoms with Crippen LogP contribution in [0, 0.1) is 0 Å². The highest BCUT2D eigenvalue weighted by atomic mass is 16.8. The molecule has 0 aromatic heterocycles. The molecule has 0 aromatic rings. The van der Waals surface area contributed by atoms with Crippen molar-refractivity contribution < 1.29 is 34.1 Å². The molecular weight excluding hydrogens is 208 g/mol. The first kappa shape index (κ1) is 11.0. The lowest BCUT2D eigenvalue weighted by atomic mass is 10.0. The molecule has 15 heavy (non-hydrogen) atoms. The van der Waals surface area contributed by atoms with E-state index in [1.165, 1.54) is 0 Å². The SMILES string of the molecule is C/C(C(=O)O)=C(/C(=O)O)C1COC(=O)O1. The zero-order valence-corrected chi connectivity index (χ0v) is 7.72. The largest absolute Gasteiger partial charge is 0.509 e. The van der Waals surface area contributed by atoms with E-state index in [9.17, 15) is 14.4 Å². The summed E-state index contributed by atoms with van der Waals surface area (Å²) in [4.78, 5) is 31.9. The average molecular weight is 216 g/mol. The Balaban J connectivity index is 3.03. The molecule has 0 aromatic carbocycles. The first-order valence-electron chi connectivity index (χ1n) is 3.94. The van der Waals surface area contributed by atoms with E-state index in [1.54, 1.807) is 0 Å². The lowest BCUT2D eigenvalue weighted by Gasteiger charge is -2.08. The first-order chi connectivity index (χ1) is 6.93. The highest BCUT2D eigenvalue weighted by molar-refractivity contribution is 5.99. The molecule has 1 atom stereocenters. The Labute approximate surface area is 83.9 Å². The molecule has 82 valence electrons. The van der Waals surface area contributed by atoms with E-state index in [4.69, 9.17) is 10.2 Å². The maximum Gasteiger partial charge on any atom is 0.509 e. The fourth-order valence-corrected chi connectivity index (χ4v) is 1.12. The molecule has 1 fully saturated rings. The molecule has 0 amide bonds. The summed E-state index contributed by atoms with van der Waals surface area (Å²) in [5, 5.41) is 17.4. The topological polar surface area (TPSA) is 110 Å². The van der Waals surface area contributed by atoms with Crippen molar-refractivity contribution in [2.24, 2.45) is 0 Å². The molecule has 1 aliphatic heterocycles. The van der Waals surface area contributed by atoms with Crippen LogP contribution in [0.25, 0.3) is 0 Å². The van der Waals surface area contributed by atoms with Crippen LogP contribution in [0.1, 0.15) is 6.92 Å². The predicted molar refractivity (Wildman–Crippen MR) is 44.2 cm³/mol. The van der Waals surface area contributed by atoms with Gasteiger partial charge in [-0.2, -0.15) is 0 Å². The second-order valence-corrected chi connectivity index (χ2v) is 2.82. The Bertz CT molecular complexity index is 354. The van der Waals surface area contributed by atoms with Gasteiger partial charge in [-0.15, -0.1) is 0 Å². The average Bonchev–Trinajstić information content (AvgIpc) is 2.51. The molecular formula is C8H8O7. The van der Waals surface area contributed by atoms with Gasteiger partial charge in [0.25, 0.3) is 0 Å². The van der Waals surface area contributed by atoms with Gasteiger partial charge in [0.15, 0.2) is 6.10 Å². The molecule has 0 radical (unpaired) electrons. The molecule has 7 nitrogen and oxygen atoms in total. The van der Waals surface area contributed by atoms with Crippen molar-refractivity contribution in [1.29, 1.82) is 0 Å². The second-order valence-electron chi connectivity index (χ2n) is 2.82. The Hall–Kier alpha value is -2.05. The highest BCUT2D eigenvalue weighted by Gasteiger charge is 2.34. The Morgan fingerprint density at radius 3 is 2.27 bits per heavy atom. The number of hydrogen-bond acceptors (Lipinski definition) is 5. The van der Waals surface area contributed by atoms with Gasteiger partial charge in [0.2, 0.25) is 0 Å². The Morgan fingerprint density at radius 2 is 1.93 bits per heavy atom. The molecule has 1 unspecified atom stereocenters. The Morgan fingerprint density at radius 1 is 1.33 bits per heavy atom. The van der Waals surface area contributed by atoms with Crippen molar-refractivity contribution in [3.05, 3.63) is 11.1 Å². The summed E-state index contributed by atoms with van der Waals surface area (Å²) in [5.41, 5.74) is -0.862. The number of rotatable bonds is 3. The Kier molecular flexibility index (Phi) is 2.93. The minimum atomic E-state index is -1.45. The minimum absolute atomic E-state index is 0.287. The van der Waals surface area contributed by atoms with Gasteiger partial charge in [0.05, 0.1) is 5.57 Å². The van der Waals surface area contributed by atoms with Gasteiger partial charge in [0.1, 0.15) is 6.61 Å². The second kappa shape index (κ2) is 3.99. The number of carboxylic acids is 2. The van der Waals surface area contributed by atoms with Crippen LogP contribution in [0.3, 0.4) is 0 Å². The van der Waals surface area contributed by atoms with E-state index in [0.717, 1.165) is 6.92 Å². The molecule has 7 heteroatoms. The van der Waals surface area contributed by atoms with Crippen molar-refractivity contribution >= 4 is 18.1 Å². The van der Waals surface area contributed by atoms with Gasteiger partial charge in [0, 0.05) is 5.57 Å². The highest BCUT2D eigenvalue weighted by Crippen LogP contribution is 2.19. The molecule has 1 saturated heterocycles. The standard InChI is InChI=1S/C8H8O7/c1-3(6(9)10)5(7(11)12)4-2-14-8(13)15-4/h4H,2H2,1H3,(H,9,10)(H,11,12)/b5-3-. The number of ether oxygens (including phenoxy) is 2. The van der Waals surface area contributed by atoms with E-state index in [1.807, 2.05) is 0 Å². The van der Waals surface area contributed by atoms with Gasteiger partial charge >= 0.3 is 18.1 Å². The predicted octanol–water partition coefficient (Wildman–Crippen LogP) is 0.00750. The van der Waals surface area contributed by atoms with Crippen LogP contribution in [-0.4, -0.2) is 41.0 Å². The van der Waals surface area contributed by atoms with Crippen molar-refractivity contribution in [2.75, 3.05) is 6.61 Å². The van der Waals surface area contributed by atoms with Crippen LogP contribution in [0.15, 0.2) is 11.1 Å². The summed E-state index contributed by atoms with van der Waals surface area (Å²) < 4.78 is 8.87. The summed E-state index contributed by atoms with van der Waals surface area (Å²) >= 11 is 0. The quantitative estimate of drug-likeness (QED) is 0.504. The van der Waals surface area contributed by atoms with Crippen LogP contribution in [0.2, 0.25) is 0 Å². The molecule has 2 N–H and O–H groups in total. The molecule has 1 rings (SSSR count). The van der Waals surface area contributed by atoms with E-state index >= 15 is 0 Å². The van der Waals surface area contributed by atoms with Crippen LogP contribution in [0.4, 0.5) is 4.79 Å². The molecule has 0 bridgehead atoms. The van der Waals surface area contributed by atoms with Crippen molar-refractivity contribution in [1.82, 2.24) is 0 Å². The van der Waals surface area contributed by atoms with Crippen LogP contribution >= 0.6 is 0 Å². The summed E-state index contributed by atoms with van der Waals surface area (Å²) in [5.74, 6) is -2.83. The monoisotopic (exact) mass is 216 g/mol. The summed E-state index contributed by atoms with van der Waals surface area (Å²) in [7, 11) is 0. The zero-order chi connectivity index (χ0) is 11.6. The van der Waals surface area contributed by atoms with Gasteiger partial charge in [-0.25, -0.2) is 14.4 Å². The first-order valence-corrected chi connectivity index (χ1v) is 3.94. The van der Waals surface area contributed by atoms with Crippen LogP contribution < -0.4 is 0 Å². The van der Waals surface area contributed by atoms with Crippen LogP contribution in [-0.2, 0) is 19.1 Å². The lowest BCUT2D eigenvalue weighted by molar-refractivity contribution is -0.136. The van der Waals surface area contributed by atoms with E-state index in [2.05, 4.69) is 9.47 Å². The smallest absolute Gasteiger partial charge is 0.478 e. The van der Waals surface area contributed by atoms with E-state index in [0.29, 0.717) is 0 Å². The number of aliphatic carboxylic acids is 2. The zero-order valence-electron chi connectivity index (χ0n) is 7.72. The van der Waals surface area contributed by atoms with Crippen molar-refractivity contribution in [3.8, 4) is 0 Å². The summed E-state index contributed by atoms with van der Waals surface area (Å²) in [6.07, 6.45) is -2.16. The number of cyclic esters (lactones) is 2. The molecule has 0 saturated carbocycles. The van der Waals surface area contributed by atoms with E-state index < -0.39 is 29.8 Å². The fourth-order valence-electron chi connectivity index (χ4n) is 1.12. The molecule has 0 spiro atoms. The van der Waals surface area contributed by atoms with Gasteiger partial charge < -0.3 is 19.7 Å². The van der Waals surface area contributed by atoms with Crippen molar-refractivity contribution in [2.45, 2.75) is 13.0 Å². The number of hydrogen-bond donors (Lipinski definition) is 2. The number of carboxylic acid groups (broad SMARTS) is 2. The third-order valence-corrected chi connectivity index (χ3v) is 1.87. The van der Waals surface area contributed by atoms with Gasteiger partial charge in [-0.05, 0) is 6.92 Å². The molecule has 0 aliphatic carbocycles. The molecule has 1 heterocycles. The lowest BCUT2D eigenvalue weighted by Crippen LogP contribution is -2.23. The van der Waals surface area contributed by atoms with Gasteiger partial charge in [-0.1, -0.05) is 0 Å². The van der Waals surface area contributed by atoms with Crippen molar-refractivity contribution in [3.63, 3.8) is 0 Å². The number of carbonyl (C=O) groups is 3. The normalized spacial score (nSPS) is 21.4. The maximum atomic E-state index is 10.8. The fraction of sp³-hybridized carbons (Fsp3) is 0.375. The third kappa shape index (κ3) is 2.25. The minimum Gasteiger partial charge on any atom is -0.478 e. The van der Waals surface area contributed by atoms with Crippen LogP contribution in [0.5, 0.6) is 0 Å². The van der Waals surface area contributed by atoms with Gasteiger partial charge in [-0.3, -0.25) is 0 Å². The summed E-state index contributed by atoms with van der Waals surface area (Å²) in [6.45, 7) is 0.836. The van der Waals surface area contributed by atoms with E-state index in [-0.39, 0.29) is 12.2 Å². The third-order valence-electron chi connectivity index (χ3n) is 1.87. The maximum absolute atomic E-state index is 10.8. The molecule has 1 aliphatic rings. The summed E-state index contributed by atoms with van der Waals surface area (Å²) in [6, 6.07) is 0. The number of carbonyl (C=O) groups excluding carboxylic acids is 1.